The summed E-state index contributed by atoms with van der Waals surface area (Å²) in [5.41, 5.74) is 11.9. The summed E-state index contributed by atoms with van der Waals surface area (Å²) in [4.78, 5) is 14.7. The Balaban J connectivity index is 1.13. The van der Waals surface area contributed by atoms with Crippen molar-refractivity contribution < 1.29 is 4.42 Å². The molecule has 5 heteroatoms. The fraction of sp³-hybridized carbons (Fsp3) is 0.0444. The van der Waals surface area contributed by atoms with E-state index in [2.05, 4.69) is 102 Å². The van der Waals surface area contributed by atoms with Gasteiger partial charge in [0.25, 0.3) is 0 Å². The van der Waals surface area contributed by atoms with Crippen LogP contribution in [0.25, 0.3) is 89.9 Å². The molecule has 0 radical (unpaired) electrons. The fourth-order valence-corrected chi connectivity index (χ4v) is 7.38. The second-order valence-corrected chi connectivity index (χ2v) is 12.7. The van der Waals surface area contributed by atoms with Gasteiger partial charge >= 0.3 is 0 Å². The molecule has 9 aromatic rings. The SMILES string of the molecule is C1=Cc2c(n(-c3ccc4oc5cc(-c6nc(-c7ccccc7)nc(-c7ccccc7)n6)ccc5c4c3)c3c(-c4ccccc4)cccc23)CC1. The number of allylic oxidation sites excluding steroid dienone is 1. The minimum absolute atomic E-state index is 0.604. The van der Waals surface area contributed by atoms with Gasteiger partial charge in [0.15, 0.2) is 17.5 Å². The van der Waals surface area contributed by atoms with Crippen LogP contribution in [0.3, 0.4) is 0 Å². The summed E-state index contributed by atoms with van der Waals surface area (Å²) in [7, 11) is 0. The van der Waals surface area contributed by atoms with Crippen molar-refractivity contribution in [1.82, 2.24) is 19.5 Å². The summed E-state index contributed by atoms with van der Waals surface area (Å²) < 4.78 is 8.99. The molecule has 3 heterocycles. The van der Waals surface area contributed by atoms with Crippen LogP contribution < -0.4 is 0 Å². The molecule has 0 saturated heterocycles. The molecule has 0 fully saturated rings. The van der Waals surface area contributed by atoms with Crippen molar-refractivity contribution in [2.24, 2.45) is 0 Å². The Bertz CT molecular complexity index is 2690. The molecule has 5 nitrogen and oxygen atoms in total. The number of aromatic nitrogens is 4. The highest BCUT2D eigenvalue weighted by Crippen LogP contribution is 2.41. The Morgan fingerprint density at radius 2 is 1.16 bits per heavy atom. The van der Waals surface area contributed by atoms with E-state index in [9.17, 15) is 0 Å². The molecule has 236 valence electrons. The monoisotopic (exact) mass is 642 g/mol. The largest absolute Gasteiger partial charge is 0.456 e. The number of hydrogen-bond acceptors (Lipinski definition) is 4. The molecule has 0 aliphatic heterocycles. The van der Waals surface area contributed by atoms with Crippen LogP contribution in [0.5, 0.6) is 0 Å². The maximum atomic E-state index is 6.52. The lowest BCUT2D eigenvalue weighted by Gasteiger charge is -2.15. The van der Waals surface area contributed by atoms with Crippen molar-refractivity contribution in [2.75, 3.05) is 0 Å². The molecule has 0 spiro atoms. The van der Waals surface area contributed by atoms with Gasteiger partial charge in [0.1, 0.15) is 11.2 Å². The first-order valence-electron chi connectivity index (χ1n) is 17.0. The second kappa shape index (κ2) is 11.5. The summed E-state index contributed by atoms with van der Waals surface area (Å²) in [6.07, 6.45) is 6.61. The van der Waals surface area contributed by atoms with E-state index in [1.807, 2.05) is 60.7 Å². The molecule has 3 aromatic heterocycles. The number of benzene rings is 6. The summed E-state index contributed by atoms with van der Waals surface area (Å²) in [6.45, 7) is 0. The standard InChI is InChI=1S/C45H30N4O/c1-4-13-29(14-5-1)34-20-12-21-37-35-19-10-11-22-39(35)49(42(34)37)33-24-26-40-38(28-33)36-25-23-32(27-41(36)50-40)45-47-43(30-15-6-2-7-16-30)46-44(48-45)31-17-8-3-9-18-31/h1-10,12-21,23-28H,11,22H2. The Morgan fingerprint density at radius 3 is 1.86 bits per heavy atom. The Labute approximate surface area is 288 Å². The zero-order valence-electron chi connectivity index (χ0n) is 27.1. The first-order chi connectivity index (χ1) is 24.8. The van der Waals surface area contributed by atoms with Gasteiger partial charge in [-0.25, -0.2) is 15.0 Å². The van der Waals surface area contributed by atoms with Crippen LogP contribution in [-0.4, -0.2) is 19.5 Å². The third-order valence-corrected chi connectivity index (χ3v) is 9.72. The highest BCUT2D eigenvalue weighted by molar-refractivity contribution is 6.07. The van der Waals surface area contributed by atoms with Gasteiger partial charge in [-0.15, -0.1) is 0 Å². The number of para-hydroxylation sites is 1. The van der Waals surface area contributed by atoms with Gasteiger partial charge in [-0.3, -0.25) is 0 Å². The summed E-state index contributed by atoms with van der Waals surface area (Å²) >= 11 is 0. The van der Waals surface area contributed by atoms with Crippen LogP contribution in [0.4, 0.5) is 0 Å². The fourth-order valence-electron chi connectivity index (χ4n) is 7.38. The van der Waals surface area contributed by atoms with E-state index in [0.29, 0.717) is 17.5 Å². The second-order valence-electron chi connectivity index (χ2n) is 12.7. The van der Waals surface area contributed by atoms with Gasteiger partial charge in [-0.1, -0.05) is 127 Å². The smallest absolute Gasteiger partial charge is 0.164 e. The number of hydrogen-bond donors (Lipinski definition) is 0. The first-order valence-corrected chi connectivity index (χ1v) is 17.0. The summed E-state index contributed by atoms with van der Waals surface area (Å²) in [6, 6.07) is 50.3. The minimum Gasteiger partial charge on any atom is -0.456 e. The number of furan rings is 1. The number of rotatable bonds is 5. The number of fused-ring (bicyclic) bond motifs is 6. The lowest BCUT2D eigenvalue weighted by Crippen LogP contribution is -2.03. The van der Waals surface area contributed by atoms with Crippen LogP contribution >= 0.6 is 0 Å². The van der Waals surface area contributed by atoms with Crippen LogP contribution in [0.1, 0.15) is 17.7 Å². The predicted molar refractivity (Wildman–Crippen MR) is 203 cm³/mol. The van der Waals surface area contributed by atoms with Crippen molar-refractivity contribution in [2.45, 2.75) is 12.8 Å². The van der Waals surface area contributed by atoms with E-state index in [4.69, 9.17) is 19.4 Å². The van der Waals surface area contributed by atoms with E-state index in [1.165, 1.54) is 33.3 Å². The molecule has 0 atom stereocenters. The maximum absolute atomic E-state index is 6.52. The molecule has 0 bridgehead atoms. The van der Waals surface area contributed by atoms with Crippen LogP contribution in [-0.2, 0) is 6.42 Å². The van der Waals surface area contributed by atoms with Gasteiger partial charge in [0.05, 0.1) is 5.52 Å². The predicted octanol–water partition coefficient (Wildman–Crippen LogP) is 11.3. The normalized spacial score (nSPS) is 12.6. The Hall–Kier alpha value is -6.59. The molecule has 0 N–H and O–H groups in total. The van der Waals surface area contributed by atoms with Crippen LogP contribution in [0.2, 0.25) is 0 Å². The average Bonchev–Trinajstić information content (AvgIpc) is 3.74. The third-order valence-electron chi connectivity index (χ3n) is 9.72. The van der Waals surface area contributed by atoms with Crippen LogP contribution in [0, 0.1) is 0 Å². The molecule has 50 heavy (non-hydrogen) atoms. The van der Waals surface area contributed by atoms with Gasteiger partial charge in [-0.2, -0.15) is 0 Å². The summed E-state index contributed by atoms with van der Waals surface area (Å²) in [5.74, 6) is 1.87. The van der Waals surface area contributed by atoms with Gasteiger partial charge in [0, 0.05) is 55.4 Å². The first kappa shape index (κ1) is 28.4. The highest BCUT2D eigenvalue weighted by atomic mass is 16.3. The van der Waals surface area contributed by atoms with Crippen molar-refractivity contribution in [3.8, 4) is 51.0 Å². The van der Waals surface area contributed by atoms with E-state index in [-0.39, 0.29) is 0 Å². The Morgan fingerprint density at radius 1 is 0.500 bits per heavy atom. The molecular formula is C45H30N4O. The third kappa shape index (κ3) is 4.66. The zero-order valence-corrected chi connectivity index (χ0v) is 27.1. The van der Waals surface area contributed by atoms with E-state index in [1.54, 1.807) is 0 Å². The Kier molecular flexibility index (Phi) is 6.56. The van der Waals surface area contributed by atoms with E-state index in [0.717, 1.165) is 57.2 Å². The van der Waals surface area contributed by atoms with Crippen molar-refractivity contribution in [3.63, 3.8) is 0 Å². The zero-order chi connectivity index (χ0) is 33.0. The van der Waals surface area contributed by atoms with Crippen molar-refractivity contribution >= 4 is 38.9 Å². The van der Waals surface area contributed by atoms with Gasteiger partial charge < -0.3 is 8.98 Å². The lowest BCUT2D eigenvalue weighted by molar-refractivity contribution is 0.669. The quantitative estimate of drug-likeness (QED) is 0.187. The molecule has 0 unspecified atom stereocenters. The molecule has 1 aliphatic rings. The average molecular weight is 643 g/mol. The van der Waals surface area contributed by atoms with E-state index >= 15 is 0 Å². The van der Waals surface area contributed by atoms with Crippen LogP contribution in [0.15, 0.2) is 156 Å². The van der Waals surface area contributed by atoms with Crippen molar-refractivity contribution in [1.29, 1.82) is 0 Å². The molecule has 0 saturated carbocycles. The minimum atomic E-state index is 0.604. The molecule has 10 rings (SSSR count). The molecule has 1 aliphatic carbocycles. The number of nitrogens with zero attached hydrogens (tertiary/aromatic N) is 4. The van der Waals surface area contributed by atoms with E-state index < -0.39 is 0 Å². The molecular weight excluding hydrogens is 613 g/mol. The molecule has 6 aromatic carbocycles. The summed E-state index contributed by atoms with van der Waals surface area (Å²) in [5, 5.41) is 3.41. The topological polar surface area (TPSA) is 56.7 Å². The van der Waals surface area contributed by atoms with Gasteiger partial charge in [0.2, 0.25) is 0 Å². The van der Waals surface area contributed by atoms with Gasteiger partial charge in [-0.05, 0) is 48.7 Å². The van der Waals surface area contributed by atoms with Crippen molar-refractivity contribution in [3.05, 3.63) is 163 Å². The highest BCUT2D eigenvalue weighted by Gasteiger charge is 2.22. The molecule has 0 amide bonds. The lowest BCUT2D eigenvalue weighted by atomic mass is 9.99. The maximum Gasteiger partial charge on any atom is 0.164 e.